The van der Waals surface area contributed by atoms with Crippen molar-refractivity contribution in [1.82, 2.24) is 9.88 Å². The largest absolute Gasteiger partial charge is 0.469 e. The topological polar surface area (TPSA) is 83.6 Å². The number of hydrogen-bond donors (Lipinski definition) is 2. The van der Waals surface area contributed by atoms with E-state index in [1.807, 2.05) is 0 Å². The van der Waals surface area contributed by atoms with Crippen molar-refractivity contribution in [3.8, 4) is 0 Å². The third kappa shape index (κ3) is 6.48. The molecule has 3 aliphatic heterocycles. The first kappa shape index (κ1) is 26.5. The summed E-state index contributed by atoms with van der Waals surface area (Å²) in [6.07, 6.45) is 8.87. The van der Waals surface area contributed by atoms with Crippen LogP contribution in [0.25, 0.3) is 0 Å². The number of amides is 1. The molecule has 1 aromatic carbocycles. The summed E-state index contributed by atoms with van der Waals surface area (Å²) in [5, 5.41) is 7.02. The number of methoxy groups -OCH3 is 1. The molecular formula is C31H42N4O3. The molecule has 38 heavy (non-hydrogen) atoms. The highest BCUT2D eigenvalue weighted by Crippen LogP contribution is 2.38. The van der Waals surface area contributed by atoms with Gasteiger partial charge in [0.1, 0.15) is 5.82 Å². The molecule has 0 saturated carbocycles. The first-order chi connectivity index (χ1) is 18.6. The molecule has 5 rings (SSSR count). The van der Waals surface area contributed by atoms with Gasteiger partial charge in [-0.25, -0.2) is 4.98 Å². The summed E-state index contributed by atoms with van der Waals surface area (Å²) in [4.78, 5) is 31.8. The van der Waals surface area contributed by atoms with E-state index in [0.29, 0.717) is 30.6 Å². The first-order valence-electron chi connectivity index (χ1n) is 14.5. The van der Waals surface area contributed by atoms with Crippen LogP contribution in [0.4, 0.5) is 11.5 Å². The number of ether oxygens (including phenoxy) is 1. The number of likely N-dealkylation sites (tertiary alicyclic amines) is 1. The van der Waals surface area contributed by atoms with Crippen molar-refractivity contribution in [1.29, 1.82) is 0 Å². The quantitative estimate of drug-likeness (QED) is 0.462. The normalized spacial score (nSPS) is 19.9. The molecule has 1 saturated heterocycles. The van der Waals surface area contributed by atoms with Gasteiger partial charge in [0.25, 0.3) is 0 Å². The average Bonchev–Trinajstić information content (AvgIpc) is 2.97. The highest BCUT2D eigenvalue weighted by molar-refractivity contribution is 5.76. The van der Waals surface area contributed by atoms with E-state index in [-0.39, 0.29) is 11.9 Å². The lowest BCUT2D eigenvalue weighted by Gasteiger charge is -2.41. The van der Waals surface area contributed by atoms with Crippen molar-refractivity contribution in [2.75, 3.05) is 43.9 Å². The molecule has 2 aromatic rings. The summed E-state index contributed by atoms with van der Waals surface area (Å²) >= 11 is 0. The molecule has 0 spiro atoms. The van der Waals surface area contributed by atoms with Crippen molar-refractivity contribution in [3.63, 3.8) is 0 Å². The van der Waals surface area contributed by atoms with Gasteiger partial charge in [-0.3, -0.25) is 9.59 Å². The summed E-state index contributed by atoms with van der Waals surface area (Å²) in [5.74, 6) is 2.61. The van der Waals surface area contributed by atoms with Crippen molar-refractivity contribution < 1.29 is 14.3 Å². The molecule has 1 aromatic heterocycles. The summed E-state index contributed by atoms with van der Waals surface area (Å²) in [7, 11) is 1.47. The molecule has 7 heteroatoms. The number of hydrogen-bond acceptors (Lipinski definition) is 6. The molecule has 2 N–H and O–H groups in total. The van der Waals surface area contributed by atoms with Crippen molar-refractivity contribution >= 4 is 23.4 Å². The van der Waals surface area contributed by atoms with Crippen LogP contribution in [0.15, 0.2) is 36.4 Å². The van der Waals surface area contributed by atoms with Crippen LogP contribution < -0.4 is 10.6 Å². The average molecular weight is 519 g/mol. The number of pyridine rings is 1. The Bertz CT molecular complexity index is 1110. The maximum Gasteiger partial charge on any atom is 0.305 e. The van der Waals surface area contributed by atoms with Crippen LogP contribution in [0.1, 0.15) is 61.8 Å². The van der Waals surface area contributed by atoms with E-state index < -0.39 is 0 Å². The van der Waals surface area contributed by atoms with Gasteiger partial charge in [-0.15, -0.1) is 0 Å². The number of esters is 1. The predicted molar refractivity (Wildman–Crippen MR) is 150 cm³/mol. The van der Waals surface area contributed by atoms with Gasteiger partial charge >= 0.3 is 5.97 Å². The smallest absolute Gasteiger partial charge is 0.305 e. The molecule has 7 nitrogen and oxygen atoms in total. The maximum absolute atomic E-state index is 13.0. The molecule has 3 aliphatic rings. The van der Waals surface area contributed by atoms with Crippen LogP contribution in [0.5, 0.6) is 0 Å². The van der Waals surface area contributed by atoms with Gasteiger partial charge in [-0.05, 0) is 92.4 Å². The Labute approximate surface area is 226 Å². The van der Waals surface area contributed by atoms with Crippen LogP contribution in [0.3, 0.4) is 0 Å². The predicted octanol–water partition coefficient (Wildman–Crippen LogP) is 4.85. The van der Waals surface area contributed by atoms with E-state index in [2.05, 4.69) is 51.9 Å². The van der Waals surface area contributed by atoms with Crippen LogP contribution in [0.2, 0.25) is 0 Å². The Hall–Kier alpha value is -3.09. The minimum Gasteiger partial charge on any atom is -0.469 e. The van der Waals surface area contributed by atoms with Crippen LogP contribution >= 0.6 is 0 Å². The van der Waals surface area contributed by atoms with Gasteiger partial charge in [0.05, 0.1) is 7.11 Å². The lowest BCUT2D eigenvalue weighted by atomic mass is 9.71. The second-order valence-corrected chi connectivity index (χ2v) is 11.2. The fourth-order valence-electron chi connectivity index (χ4n) is 6.68. The van der Waals surface area contributed by atoms with Gasteiger partial charge < -0.3 is 20.3 Å². The van der Waals surface area contributed by atoms with E-state index in [9.17, 15) is 9.59 Å². The Morgan fingerprint density at radius 1 is 1.05 bits per heavy atom. The van der Waals surface area contributed by atoms with Crippen LogP contribution in [-0.4, -0.2) is 55.0 Å². The number of aryl methyl sites for hydroxylation is 2. The number of fused-ring (bicyclic) bond motifs is 2. The van der Waals surface area contributed by atoms with E-state index in [4.69, 9.17) is 9.72 Å². The molecule has 0 radical (unpaired) electrons. The van der Waals surface area contributed by atoms with E-state index >= 15 is 0 Å². The summed E-state index contributed by atoms with van der Waals surface area (Å²) < 4.78 is 4.96. The molecule has 2 atom stereocenters. The summed E-state index contributed by atoms with van der Waals surface area (Å²) in [6.45, 7) is 3.56. The number of carbonyl (C=O) groups excluding carboxylic acids is 2. The van der Waals surface area contributed by atoms with Gasteiger partial charge in [-0.1, -0.05) is 24.3 Å². The van der Waals surface area contributed by atoms with Gasteiger partial charge in [-0.2, -0.15) is 0 Å². The van der Waals surface area contributed by atoms with Crippen LogP contribution in [-0.2, 0) is 33.6 Å². The summed E-state index contributed by atoms with van der Waals surface area (Å²) in [5.41, 5.74) is 4.97. The van der Waals surface area contributed by atoms with E-state index in [0.717, 1.165) is 89.1 Å². The Balaban J connectivity index is 1.12. The molecular weight excluding hydrogens is 476 g/mol. The molecule has 2 unspecified atom stereocenters. The highest BCUT2D eigenvalue weighted by Gasteiger charge is 2.35. The molecule has 1 fully saturated rings. The minimum absolute atomic E-state index is 0.129. The Morgan fingerprint density at radius 2 is 1.89 bits per heavy atom. The van der Waals surface area contributed by atoms with Gasteiger partial charge in [0.2, 0.25) is 5.91 Å². The standard InChI is InChI=1S/C31H42N4O3/c1-38-30(37)14-13-27(25-20-24-6-2-3-9-28(24)33-21-25)22-15-18-35(19-16-22)29(36)10-4-8-26-12-11-23-7-5-17-32-31(23)34-26/h2-3,6,9,11-12,22,25,27,33H,4-5,7-8,10,13-21H2,1H3,(H,32,34). The monoisotopic (exact) mass is 518 g/mol. The number of anilines is 2. The number of carbonyl (C=O) groups is 2. The maximum atomic E-state index is 13.0. The first-order valence-corrected chi connectivity index (χ1v) is 14.5. The second-order valence-electron chi connectivity index (χ2n) is 11.2. The molecule has 0 aliphatic carbocycles. The number of nitrogens with zero attached hydrogens (tertiary/aromatic N) is 2. The number of aromatic nitrogens is 1. The van der Waals surface area contributed by atoms with Crippen molar-refractivity contribution in [2.24, 2.45) is 17.8 Å². The number of rotatable bonds is 9. The van der Waals surface area contributed by atoms with E-state index in [1.54, 1.807) is 0 Å². The van der Waals surface area contributed by atoms with Crippen LogP contribution in [0, 0.1) is 17.8 Å². The number of nitrogens with one attached hydrogen (secondary N) is 2. The second kappa shape index (κ2) is 12.6. The van der Waals surface area contributed by atoms with E-state index in [1.165, 1.54) is 23.9 Å². The minimum atomic E-state index is -0.129. The Kier molecular flexibility index (Phi) is 8.82. The third-order valence-corrected chi connectivity index (χ3v) is 8.84. The number of piperidine rings is 1. The molecule has 4 heterocycles. The SMILES string of the molecule is COC(=O)CCC(C1CCN(C(=O)CCCc2ccc3c(n2)NCCC3)CC1)C1CNc2ccccc2C1. The third-order valence-electron chi connectivity index (χ3n) is 8.84. The molecule has 0 bridgehead atoms. The van der Waals surface area contributed by atoms with Crippen molar-refractivity contribution in [3.05, 3.63) is 53.2 Å². The Morgan fingerprint density at radius 3 is 2.74 bits per heavy atom. The zero-order valence-corrected chi connectivity index (χ0v) is 22.7. The number of para-hydroxylation sites is 1. The zero-order valence-electron chi connectivity index (χ0n) is 22.7. The molecule has 204 valence electrons. The lowest BCUT2D eigenvalue weighted by molar-refractivity contribution is -0.141. The lowest BCUT2D eigenvalue weighted by Crippen LogP contribution is -2.43. The highest BCUT2D eigenvalue weighted by atomic mass is 16.5. The number of benzene rings is 1. The summed E-state index contributed by atoms with van der Waals surface area (Å²) in [6, 6.07) is 12.9. The fraction of sp³-hybridized carbons (Fsp3) is 0.581. The van der Waals surface area contributed by atoms with Gasteiger partial charge in [0.15, 0.2) is 0 Å². The van der Waals surface area contributed by atoms with Crippen molar-refractivity contribution in [2.45, 2.75) is 64.2 Å². The zero-order chi connectivity index (χ0) is 26.3. The fourth-order valence-corrected chi connectivity index (χ4v) is 6.68. The van der Waals surface area contributed by atoms with Gasteiger partial charge in [0, 0.05) is 50.4 Å². The molecule has 1 amide bonds.